The van der Waals surface area contributed by atoms with Gasteiger partial charge in [0.05, 0.1) is 21.1 Å². The molecule has 0 bridgehead atoms. The fourth-order valence-electron chi connectivity index (χ4n) is 1.73. The number of aromatic amines is 1. The molecule has 1 aromatic carbocycles. The lowest BCUT2D eigenvalue weighted by atomic mass is 10.0. The van der Waals surface area contributed by atoms with E-state index in [9.17, 15) is 18.3 Å². The quantitative estimate of drug-likeness (QED) is 0.813. The van der Waals surface area contributed by atoms with Crippen LogP contribution in [0.2, 0.25) is 10.0 Å². The van der Waals surface area contributed by atoms with Gasteiger partial charge >= 0.3 is 6.18 Å². The normalized spacial score (nSPS) is 15.9. The number of imidazole rings is 1. The van der Waals surface area contributed by atoms with Crippen LogP contribution in [0.15, 0.2) is 24.3 Å². The fraction of sp³-hybridized carbons (Fsp3) is 0.250. The molecular weight excluding hydrogens is 316 g/mol. The van der Waals surface area contributed by atoms with Gasteiger partial charge in [-0.2, -0.15) is 13.2 Å². The number of hydrogen-bond donors (Lipinski definition) is 2. The molecule has 2 N–H and O–H groups in total. The summed E-state index contributed by atoms with van der Waals surface area (Å²) in [6.07, 6.45) is -3.20. The van der Waals surface area contributed by atoms with E-state index in [2.05, 4.69) is 9.97 Å². The molecule has 1 aromatic heterocycles. The van der Waals surface area contributed by atoms with E-state index in [0.717, 1.165) is 6.08 Å². The van der Waals surface area contributed by atoms with E-state index in [1.54, 1.807) is 0 Å². The van der Waals surface area contributed by atoms with E-state index in [1.165, 1.54) is 19.1 Å². The standard InChI is InChI=1S/C12H9Cl2F3N2O/c1-2-3-11(20,12(15,16)17)10-18-8-4-6(13)7(14)5-9(8)19-10/h2-5,20H,1H3,(H,18,19)/b3-2+. The second-order valence-corrected chi connectivity index (χ2v) is 4.95. The molecule has 108 valence electrons. The summed E-state index contributed by atoms with van der Waals surface area (Å²) in [6, 6.07) is 2.67. The molecule has 0 radical (unpaired) electrons. The number of rotatable bonds is 2. The van der Waals surface area contributed by atoms with E-state index >= 15 is 0 Å². The Morgan fingerprint density at radius 2 is 1.85 bits per heavy atom. The number of allylic oxidation sites excluding steroid dienone is 1. The summed E-state index contributed by atoms with van der Waals surface area (Å²) in [5, 5.41) is 10.2. The average molecular weight is 325 g/mol. The Bertz CT molecular complexity index is 642. The Kier molecular flexibility index (Phi) is 3.75. The number of hydrogen-bond acceptors (Lipinski definition) is 2. The maximum atomic E-state index is 13.1. The molecule has 2 rings (SSSR count). The van der Waals surface area contributed by atoms with Crippen molar-refractivity contribution in [3.8, 4) is 0 Å². The summed E-state index contributed by atoms with van der Waals surface area (Å²) in [5.74, 6) is -0.642. The second-order valence-electron chi connectivity index (χ2n) is 4.13. The zero-order chi connectivity index (χ0) is 15.1. The highest BCUT2D eigenvalue weighted by molar-refractivity contribution is 6.42. The molecule has 0 amide bonds. The van der Waals surface area contributed by atoms with Crippen molar-refractivity contribution in [3.05, 3.63) is 40.2 Å². The summed E-state index contributed by atoms with van der Waals surface area (Å²) in [7, 11) is 0. The highest BCUT2D eigenvalue weighted by Gasteiger charge is 2.55. The summed E-state index contributed by atoms with van der Waals surface area (Å²) in [4.78, 5) is 6.17. The molecule has 1 heterocycles. The van der Waals surface area contributed by atoms with Crippen LogP contribution in [0.3, 0.4) is 0 Å². The zero-order valence-corrected chi connectivity index (χ0v) is 11.6. The van der Waals surface area contributed by atoms with Gasteiger partial charge in [0.2, 0.25) is 5.60 Å². The molecule has 0 aliphatic rings. The van der Waals surface area contributed by atoms with Crippen molar-refractivity contribution >= 4 is 34.2 Å². The lowest BCUT2D eigenvalue weighted by Crippen LogP contribution is -2.41. The van der Waals surface area contributed by atoms with Crippen LogP contribution in [0, 0.1) is 0 Å². The monoisotopic (exact) mass is 324 g/mol. The van der Waals surface area contributed by atoms with Crippen LogP contribution in [0.1, 0.15) is 12.7 Å². The minimum absolute atomic E-state index is 0.166. The van der Waals surface area contributed by atoms with Crippen molar-refractivity contribution in [2.24, 2.45) is 0 Å². The van der Waals surface area contributed by atoms with Gasteiger partial charge < -0.3 is 10.1 Å². The maximum absolute atomic E-state index is 13.1. The number of H-pyrrole nitrogens is 1. The van der Waals surface area contributed by atoms with Crippen LogP contribution in [0.4, 0.5) is 13.2 Å². The molecule has 20 heavy (non-hydrogen) atoms. The molecule has 0 fully saturated rings. The number of aromatic nitrogens is 2. The van der Waals surface area contributed by atoms with E-state index in [4.69, 9.17) is 23.2 Å². The molecule has 3 nitrogen and oxygen atoms in total. The van der Waals surface area contributed by atoms with Gasteiger partial charge in [-0.05, 0) is 25.1 Å². The Morgan fingerprint density at radius 3 is 2.40 bits per heavy atom. The van der Waals surface area contributed by atoms with Crippen LogP contribution in [-0.4, -0.2) is 21.3 Å². The fourth-order valence-corrected chi connectivity index (χ4v) is 2.06. The molecule has 0 aliphatic carbocycles. The van der Waals surface area contributed by atoms with Crippen molar-refractivity contribution in [3.63, 3.8) is 0 Å². The number of nitrogens with zero attached hydrogens (tertiary/aromatic N) is 1. The number of benzene rings is 1. The largest absolute Gasteiger partial charge is 0.428 e. The molecule has 8 heteroatoms. The topological polar surface area (TPSA) is 48.9 Å². The minimum Gasteiger partial charge on any atom is -0.370 e. The first-order valence-corrected chi connectivity index (χ1v) is 6.23. The minimum atomic E-state index is -4.92. The van der Waals surface area contributed by atoms with E-state index < -0.39 is 17.6 Å². The summed E-state index contributed by atoms with van der Waals surface area (Å²) >= 11 is 11.6. The van der Waals surface area contributed by atoms with Gasteiger partial charge in [-0.25, -0.2) is 4.98 Å². The summed E-state index contributed by atoms with van der Waals surface area (Å²) in [5.41, 5.74) is -2.76. The van der Waals surface area contributed by atoms with Crippen LogP contribution in [0.5, 0.6) is 0 Å². The lowest BCUT2D eigenvalue weighted by Gasteiger charge is -2.25. The first-order valence-electron chi connectivity index (χ1n) is 5.47. The molecule has 1 unspecified atom stereocenters. The van der Waals surface area contributed by atoms with Crippen molar-refractivity contribution in [1.29, 1.82) is 0 Å². The molecule has 1 atom stereocenters. The molecular formula is C12H9Cl2F3N2O. The third kappa shape index (κ3) is 2.39. The second kappa shape index (κ2) is 4.95. The van der Waals surface area contributed by atoms with E-state index in [1.807, 2.05) is 0 Å². The first kappa shape index (κ1) is 15.2. The number of aliphatic hydroxyl groups is 1. The smallest absolute Gasteiger partial charge is 0.370 e. The Labute approximate surface area is 122 Å². The first-order chi connectivity index (χ1) is 9.19. The molecule has 0 saturated heterocycles. The number of nitrogens with one attached hydrogen (secondary N) is 1. The Hall–Kier alpha value is -1.24. The molecule has 0 spiro atoms. The molecule has 2 aromatic rings. The highest BCUT2D eigenvalue weighted by atomic mass is 35.5. The Morgan fingerprint density at radius 1 is 1.25 bits per heavy atom. The van der Waals surface area contributed by atoms with E-state index in [0.29, 0.717) is 6.08 Å². The van der Waals surface area contributed by atoms with Crippen molar-refractivity contribution in [1.82, 2.24) is 9.97 Å². The van der Waals surface area contributed by atoms with Crippen LogP contribution in [0.25, 0.3) is 11.0 Å². The predicted octanol–water partition coefficient (Wildman–Crippen LogP) is 4.20. The van der Waals surface area contributed by atoms with Crippen LogP contribution >= 0.6 is 23.2 Å². The van der Waals surface area contributed by atoms with Gasteiger partial charge in [0, 0.05) is 0 Å². The van der Waals surface area contributed by atoms with Crippen LogP contribution in [-0.2, 0) is 5.60 Å². The van der Waals surface area contributed by atoms with Gasteiger partial charge in [0.1, 0.15) is 0 Å². The van der Waals surface area contributed by atoms with Gasteiger partial charge in [-0.1, -0.05) is 29.3 Å². The lowest BCUT2D eigenvalue weighted by molar-refractivity contribution is -0.247. The molecule has 0 saturated carbocycles. The number of halogens is 5. The summed E-state index contributed by atoms with van der Waals surface area (Å²) in [6.45, 7) is 1.37. The predicted molar refractivity (Wildman–Crippen MR) is 70.9 cm³/mol. The van der Waals surface area contributed by atoms with Gasteiger partial charge in [0.15, 0.2) is 5.82 Å². The third-order valence-corrected chi connectivity index (χ3v) is 3.45. The third-order valence-electron chi connectivity index (χ3n) is 2.73. The van der Waals surface area contributed by atoms with Crippen molar-refractivity contribution in [2.75, 3.05) is 0 Å². The average Bonchev–Trinajstić information content (AvgIpc) is 2.71. The van der Waals surface area contributed by atoms with E-state index in [-0.39, 0.29) is 21.1 Å². The van der Waals surface area contributed by atoms with Gasteiger partial charge in [0.25, 0.3) is 0 Å². The Balaban J connectivity index is 2.67. The SMILES string of the molecule is C/C=C/C(O)(c1nc2cc(Cl)c(Cl)cc2[nH]1)C(F)(F)F. The van der Waals surface area contributed by atoms with Gasteiger partial charge in [-0.15, -0.1) is 0 Å². The molecule has 0 aliphatic heterocycles. The van der Waals surface area contributed by atoms with Crippen molar-refractivity contribution < 1.29 is 18.3 Å². The number of alkyl halides is 3. The van der Waals surface area contributed by atoms with Crippen molar-refractivity contribution in [2.45, 2.75) is 18.7 Å². The van der Waals surface area contributed by atoms with Gasteiger partial charge in [-0.3, -0.25) is 0 Å². The maximum Gasteiger partial charge on any atom is 0.428 e. The highest BCUT2D eigenvalue weighted by Crippen LogP contribution is 2.40. The van der Waals surface area contributed by atoms with Crippen LogP contribution < -0.4 is 0 Å². The zero-order valence-electron chi connectivity index (χ0n) is 10.1. The summed E-state index contributed by atoms with van der Waals surface area (Å²) < 4.78 is 39.2. The number of fused-ring (bicyclic) bond motifs is 1.